The number of halogens is 2. The lowest BCUT2D eigenvalue weighted by Gasteiger charge is -2.23. The summed E-state index contributed by atoms with van der Waals surface area (Å²) < 4.78 is 12.8. The number of aliphatic hydroxyl groups excluding tert-OH is 1. The second-order valence-corrected chi connectivity index (χ2v) is 10.5. The number of aromatic nitrogens is 1. The Morgan fingerprint density at radius 1 is 1.03 bits per heavy atom. The second kappa shape index (κ2) is 8.92. The number of amides is 1. The maximum absolute atomic E-state index is 13.4. The maximum atomic E-state index is 13.4. The molecule has 7 nitrogen and oxygen atoms in total. The molecule has 0 radical (unpaired) electrons. The molecule has 0 bridgehead atoms. The SMILES string of the molecule is O=C1C(=O)N(c2nc3ccc(Cl)cc3s2)[C@H](c2ccc(Br)cc2)C1=C(O)c1ccc2c(c1)OCCO2. The summed E-state index contributed by atoms with van der Waals surface area (Å²) in [5, 5.41) is 12.3. The average molecular weight is 584 g/mol. The lowest BCUT2D eigenvalue weighted by atomic mass is 9.95. The van der Waals surface area contributed by atoms with Crippen molar-refractivity contribution in [3.63, 3.8) is 0 Å². The summed E-state index contributed by atoms with van der Waals surface area (Å²) in [6.07, 6.45) is 0. The summed E-state index contributed by atoms with van der Waals surface area (Å²) in [6, 6.07) is 16.5. The summed E-state index contributed by atoms with van der Waals surface area (Å²) in [7, 11) is 0. The molecule has 1 aromatic heterocycles. The molecular formula is C26H16BrClN2O5S. The Labute approximate surface area is 222 Å². The molecule has 0 aliphatic carbocycles. The first kappa shape index (κ1) is 23.0. The van der Waals surface area contributed by atoms with E-state index in [1.165, 1.54) is 16.2 Å². The van der Waals surface area contributed by atoms with Crippen molar-refractivity contribution in [2.24, 2.45) is 0 Å². The fourth-order valence-electron chi connectivity index (χ4n) is 4.33. The van der Waals surface area contributed by atoms with E-state index in [0.29, 0.717) is 51.5 Å². The Hall–Kier alpha value is -3.40. The number of carbonyl (C=O) groups is 2. The van der Waals surface area contributed by atoms with Gasteiger partial charge in [-0.15, -0.1) is 0 Å². The maximum Gasteiger partial charge on any atom is 0.301 e. The molecule has 1 amide bonds. The second-order valence-electron chi connectivity index (χ2n) is 8.19. The topological polar surface area (TPSA) is 89.0 Å². The molecule has 1 atom stereocenters. The van der Waals surface area contributed by atoms with E-state index < -0.39 is 17.7 Å². The largest absolute Gasteiger partial charge is 0.507 e. The van der Waals surface area contributed by atoms with Crippen LogP contribution < -0.4 is 14.4 Å². The lowest BCUT2D eigenvalue weighted by molar-refractivity contribution is -0.132. The number of Topliss-reactive ketones (excluding diaryl/α,β-unsaturated/α-hetero) is 1. The molecule has 1 fully saturated rings. The number of ether oxygens (including phenoxy) is 2. The molecule has 1 N–H and O–H groups in total. The highest BCUT2D eigenvalue weighted by Gasteiger charge is 2.48. The lowest BCUT2D eigenvalue weighted by Crippen LogP contribution is -2.29. The third-order valence-electron chi connectivity index (χ3n) is 5.99. The number of nitrogens with zero attached hydrogens (tertiary/aromatic N) is 2. The van der Waals surface area contributed by atoms with Crippen LogP contribution in [-0.4, -0.2) is 35.0 Å². The van der Waals surface area contributed by atoms with E-state index in [0.717, 1.165) is 9.17 Å². The monoisotopic (exact) mass is 582 g/mol. The fraction of sp³-hybridized carbons (Fsp3) is 0.115. The van der Waals surface area contributed by atoms with Crippen LogP contribution in [0.25, 0.3) is 16.0 Å². The fourth-order valence-corrected chi connectivity index (χ4v) is 5.86. The molecule has 2 aliphatic rings. The highest BCUT2D eigenvalue weighted by atomic mass is 79.9. The van der Waals surface area contributed by atoms with Crippen LogP contribution in [0.3, 0.4) is 0 Å². The van der Waals surface area contributed by atoms with Crippen LogP contribution in [0, 0.1) is 0 Å². The molecule has 1 saturated heterocycles. The highest BCUT2D eigenvalue weighted by Crippen LogP contribution is 2.45. The van der Waals surface area contributed by atoms with Crippen LogP contribution >= 0.6 is 38.9 Å². The zero-order chi connectivity index (χ0) is 25.0. The average Bonchev–Trinajstić information content (AvgIpc) is 3.41. The van der Waals surface area contributed by atoms with Crippen LogP contribution in [0.2, 0.25) is 5.02 Å². The Morgan fingerprint density at radius 3 is 2.56 bits per heavy atom. The minimum Gasteiger partial charge on any atom is -0.507 e. The van der Waals surface area contributed by atoms with E-state index in [9.17, 15) is 14.7 Å². The van der Waals surface area contributed by atoms with Gasteiger partial charge in [0.15, 0.2) is 16.6 Å². The van der Waals surface area contributed by atoms with Gasteiger partial charge < -0.3 is 14.6 Å². The van der Waals surface area contributed by atoms with Gasteiger partial charge in [-0.1, -0.05) is 51.0 Å². The molecule has 36 heavy (non-hydrogen) atoms. The molecule has 3 heterocycles. The van der Waals surface area contributed by atoms with Crippen molar-refractivity contribution in [3.05, 3.63) is 86.9 Å². The van der Waals surface area contributed by atoms with Gasteiger partial charge in [-0.25, -0.2) is 4.98 Å². The molecule has 10 heteroatoms. The van der Waals surface area contributed by atoms with E-state index >= 15 is 0 Å². The van der Waals surface area contributed by atoms with E-state index in [-0.39, 0.29) is 11.3 Å². The number of thiazole rings is 1. The zero-order valence-corrected chi connectivity index (χ0v) is 21.6. The number of anilines is 1. The van der Waals surface area contributed by atoms with Crippen LogP contribution in [0.5, 0.6) is 11.5 Å². The van der Waals surface area contributed by atoms with Gasteiger partial charge in [0, 0.05) is 15.1 Å². The number of hydrogen-bond acceptors (Lipinski definition) is 7. The molecule has 0 unspecified atom stereocenters. The van der Waals surface area contributed by atoms with Gasteiger partial charge in [0.2, 0.25) is 0 Å². The summed E-state index contributed by atoms with van der Waals surface area (Å²) >= 11 is 10.8. The molecule has 180 valence electrons. The van der Waals surface area contributed by atoms with Crippen LogP contribution in [0.1, 0.15) is 17.2 Å². The van der Waals surface area contributed by atoms with Gasteiger partial charge in [0.25, 0.3) is 5.78 Å². The number of aliphatic hydroxyl groups is 1. The van der Waals surface area contributed by atoms with E-state index in [1.54, 1.807) is 48.5 Å². The predicted octanol–water partition coefficient (Wildman–Crippen LogP) is 6.11. The van der Waals surface area contributed by atoms with Crippen molar-refractivity contribution < 1.29 is 24.2 Å². The van der Waals surface area contributed by atoms with Crippen molar-refractivity contribution in [3.8, 4) is 11.5 Å². The molecule has 0 spiro atoms. The third-order valence-corrected chi connectivity index (χ3v) is 7.77. The molecule has 3 aromatic carbocycles. The Balaban J connectivity index is 1.54. The first-order valence-electron chi connectivity index (χ1n) is 10.9. The Morgan fingerprint density at radius 2 is 1.78 bits per heavy atom. The van der Waals surface area contributed by atoms with Crippen molar-refractivity contribution in [2.75, 3.05) is 18.1 Å². The van der Waals surface area contributed by atoms with Gasteiger partial charge in [-0.3, -0.25) is 14.5 Å². The van der Waals surface area contributed by atoms with Crippen LogP contribution in [0.4, 0.5) is 5.13 Å². The number of hydrogen-bond donors (Lipinski definition) is 1. The van der Waals surface area contributed by atoms with Crippen LogP contribution in [-0.2, 0) is 9.59 Å². The number of fused-ring (bicyclic) bond motifs is 2. The van der Waals surface area contributed by atoms with Crippen molar-refractivity contribution in [1.82, 2.24) is 4.98 Å². The Kier molecular flexibility index (Phi) is 5.70. The van der Waals surface area contributed by atoms with Crippen molar-refractivity contribution >= 4 is 71.7 Å². The number of benzene rings is 3. The smallest absolute Gasteiger partial charge is 0.301 e. The first-order valence-corrected chi connectivity index (χ1v) is 12.9. The van der Waals surface area contributed by atoms with E-state index in [4.69, 9.17) is 21.1 Å². The normalized spacial score (nSPS) is 18.7. The summed E-state index contributed by atoms with van der Waals surface area (Å²) in [5.41, 5.74) is 1.61. The quantitative estimate of drug-likeness (QED) is 0.178. The minimum atomic E-state index is -0.887. The number of ketones is 1. The van der Waals surface area contributed by atoms with E-state index in [2.05, 4.69) is 20.9 Å². The molecule has 6 rings (SSSR count). The summed E-state index contributed by atoms with van der Waals surface area (Å²) in [6.45, 7) is 0.808. The molecule has 4 aromatic rings. The number of rotatable bonds is 3. The van der Waals surface area contributed by atoms with Gasteiger partial charge in [-0.2, -0.15) is 0 Å². The summed E-state index contributed by atoms with van der Waals surface area (Å²) in [5.74, 6) is -0.858. The van der Waals surface area contributed by atoms with Gasteiger partial charge in [-0.05, 0) is 54.1 Å². The predicted molar refractivity (Wildman–Crippen MR) is 141 cm³/mol. The standard InChI is InChI=1S/C26H16BrClN2O5S/c27-15-4-1-13(2-5-15)22-21(23(31)14-3-8-18-19(11-14)35-10-9-34-18)24(32)25(33)30(22)26-29-17-7-6-16(28)12-20(17)36-26/h1-8,11-12,22,31H,9-10H2/t22-/m1/s1. The Bertz CT molecular complexity index is 1580. The first-order chi connectivity index (χ1) is 17.4. The zero-order valence-electron chi connectivity index (χ0n) is 18.4. The van der Waals surface area contributed by atoms with Crippen LogP contribution in [0.15, 0.2) is 70.7 Å². The minimum absolute atomic E-state index is 0.0312. The highest BCUT2D eigenvalue weighted by molar-refractivity contribution is 9.10. The van der Waals surface area contributed by atoms with Crippen molar-refractivity contribution in [1.29, 1.82) is 0 Å². The van der Waals surface area contributed by atoms with Crippen molar-refractivity contribution in [2.45, 2.75) is 6.04 Å². The van der Waals surface area contributed by atoms with Gasteiger partial charge in [0.1, 0.15) is 19.0 Å². The molecular weight excluding hydrogens is 568 g/mol. The molecule has 2 aliphatic heterocycles. The summed E-state index contributed by atoms with van der Waals surface area (Å²) in [4.78, 5) is 32.7. The van der Waals surface area contributed by atoms with Gasteiger partial charge in [0.05, 0.1) is 21.8 Å². The molecule has 0 saturated carbocycles. The van der Waals surface area contributed by atoms with E-state index in [1.807, 2.05) is 12.1 Å². The number of carbonyl (C=O) groups excluding carboxylic acids is 2. The van der Waals surface area contributed by atoms with Gasteiger partial charge >= 0.3 is 5.91 Å². The third kappa shape index (κ3) is 3.84.